The Bertz CT molecular complexity index is 593. The number of nitrogens with zero attached hydrogens (tertiary/aromatic N) is 1. The lowest BCUT2D eigenvalue weighted by atomic mass is 9.86. The van der Waals surface area contributed by atoms with Gasteiger partial charge in [-0.15, -0.1) is 0 Å². The molecule has 0 bridgehead atoms. The fraction of sp³-hybridized carbons (Fsp3) is 0.500. The van der Waals surface area contributed by atoms with Gasteiger partial charge in [-0.1, -0.05) is 18.5 Å². The molecule has 0 amide bonds. The molecule has 4 heteroatoms. The van der Waals surface area contributed by atoms with Crippen LogP contribution in [0.15, 0.2) is 28.7 Å². The Morgan fingerprint density at radius 2 is 2.05 bits per heavy atom. The van der Waals surface area contributed by atoms with Crippen molar-refractivity contribution in [3.63, 3.8) is 0 Å². The minimum Gasteiger partial charge on any atom is -0.459 e. The van der Waals surface area contributed by atoms with Gasteiger partial charge < -0.3 is 14.6 Å². The first-order valence-corrected chi connectivity index (χ1v) is 7.34. The Morgan fingerprint density at radius 3 is 2.60 bits per heavy atom. The molecular formula is C16H23ClN2O. The molecular weight excluding hydrogens is 272 g/mol. The average Bonchev–Trinajstić information content (AvgIpc) is 2.81. The van der Waals surface area contributed by atoms with Crippen LogP contribution in [0.3, 0.4) is 0 Å². The molecule has 2 unspecified atom stereocenters. The van der Waals surface area contributed by atoms with Gasteiger partial charge in [-0.25, -0.2) is 0 Å². The van der Waals surface area contributed by atoms with Crippen LogP contribution in [0.2, 0.25) is 5.02 Å². The van der Waals surface area contributed by atoms with E-state index in [1.807, 2.05) is 25.2 Å². The number of halogens is 1. The van der Waals surface area contributed by atoms with E-state index in [0.29, 0.717) is 0 Å². The number of furan rings is 1. The third-order valence-corrected chi connectivity index (χ3v) is 4.67. The third kappa shape index (κ3) is 2.58. The molecule has 0 aliphatic carbocycles. The van der Waals surface area contributed by atoms with Crippen molar-refractivity contribution in [3.8, 4) is 0 Å². The third-order valence-electron chi connectivity index (χ3n) is 4.43. The molecule has 20 heavy (non-hydrogen) atoms. The number of hydrogen-bond donors (Lipinski definition) is 1. The van der Waals surface area contributed by atoms with Gasteiger partial charge in [-0.05, 0) is 58.8 Å². The van der Waals surface area contributed by atoms with Gasteiger partial charge in [-0.2, -0.15) is 0 Å². The lowest BCUT2D eigenvalue weighted by Gasteiger charge is -2.41. The van der Waals surface area contributed by atoms with Crippen LogP contribution >= 0.6 is 11.6 Å². The van der Waals surface area contributed by atoms with Crippen molar-refractivity contribution < 1.29 is 4.42 Å². The summed E-state index contributed by atoms with van der Waals surface area (Å²) >= 11 is 6.04. The fourth-order valence-electron chi connectivity index (χ4n) is 2.72. The Morgan fingerprint density at radius 1 is 1.35 bits per heavy atom. The summed E-state index contributed by atoms with van der Waals surface area (Å²) in [6.45, 7) is 4.44. The topological polar surface area (TPSA) is 28.4 Å². The zero-order chi connectivity index (χ0) is 14.9. The van der Waals surface area contributed by atoms with E-state index in [0.717, 1.165) is 28.2 Å². The molecule has 3 nitrogen and oxygen atoms in total. The summed E-state index contributed by atoms with van der Waals surface area (Å²) in [5.41, 5.74) is 0.855. The molecule has 2 aromatic rings. The van der Waals surface area contributed by atoms with Gasteiger partial charge in [0, 0.05) is 15.9 Å². The van der Waals surface area contributed by atoms with Gasteiger partial charge in [0.1, 0.15) is 11.3 Å². The lowest BCUT2D eigenvalue weighted by Crippen LogP contribution is -2.50. The molecule has 1 aromatic carbocycles. The number of fused-ring (bicyclic) bond motifs is 1. The van der Waals surface area contributed by atoms with Gasteiger partial charge in [0.05, 0.1) is 6.04 Å². The Kier molecular flexibility index (Phi) is 4.43. The van der Waals surface area contributed by atoms with Crippen molar-refractivity contribution in [2.24, 2.45) is 0 Å². The summed E-state index contributed by atoms with van der Waals surface area (Å²) in [4.78, 5) is 2.24. The highest BCUT2D eigenvalue weighted by Crippen LogP contribution is 2.35. The molecule has 0 aliphatic rings. The van der Waals surface area contributed by atoms with Crippen molar-refractivity contribution in [1.82, 2.24) is 10.2 Å². The molecule has 2 atom stereocenters. The summed E-state index contributed by atoms with van der Waals surface area (Å²) in [6.07, 6.45) is 1.02. The van der Waals surface area contributed by atoms with Crippen molar-refractivity contribution >= 4 is 22.6 Å². The highest BCUT2D eigenvalue weighted by molar-refractivity contribution is 6.31. The molecule has 2 rings (SSSR count). The highest BCUT2D eigenvalue weighted by atomic mass is 35.5. The van der Waals surface area contributed by atoms with Gasteiger partial charge in [0.15, 0.2) is 0 Å². The number of likely N-dealkylation sites (N-methyl/N-ethyl adjacent to an activating group) is 2. The van der Waals surface area contributed by atoms with Crippen LogP contribution in [0.1, 0.15) is 32.1 Å². The van der Waals surface area contributed by atoms with Crippen LogP contribution in [-0.2, 0) is 0 Å². The maximum atomic E-state index is 6.04. The van der Waals surface area contributed by atoms with Gasteiger partial charge in [0.2, 0.25) is 0 Å². The molecule has 0 fully saturated rings. The standard InChI is InChI=1S/C16H23ClN2O/c1-6-16(2,19(4)5)15(18-3)14-10-11-9-12(17)7-8-13(11)20-14/h7-10,15,18H,6H2,1-5H3. The van der Waals surface area contributed by atoms with E-state index in [1.54, 1.807) is 0 Å². The molecule has 1 heterocycles. The highest BCUT2D eigenvalue weighted by Gasteiger charge is 2.36. The Balaban J connectivity index is 2.48. The minimum atomic E-state index is -0.0214. The van der Waals surface area contributed by atoms with Gasteiger partial charge >= 0.3 is 0 Å². The number of nitrogens with one attached hydrogen (secondary N) is 1. The normalized spacial score (nSPS) is 16.6. The quantitative estimate of drug-likeness (QED) is 0.901. The van der Waals surface area contributed by atoms with E-state index < -0.39 is 0 Å². The Labute approximate surface area is 125 Å². The largest absolute Gasteiger partial charge is 0.459 e. The lowest BCUT2D eigenvalue weighted by molar-refractivity contribution is 0.106. The van der Waals surface area contributed by atoms with E-state index >= 15 is 0 Å². The van der Waals surface area contributed by atoms with Crippen LogP contribution in [0.25, 0.3) is 11.0 Å². The van der Waals surface area contributed by atoms with Crippen molar-refractivity contribution in [2.75, 3.05) is 21.1 Å². The molecule has 0 saturated carbocycles. The van der Waals surface area contributed by atoms with E-state index in [-0.39, 0.29) is 11.6 Å². The SMILES string of the molecule is CCC(C)(C(NC)c1cc2cc(Cl)ccc2o1)N(C)C. The number of benzene rings is 1. The number of hydrogen-bond acceptors (Lipinski definition) is 3. The predicted octanol–water partition coefficient (Wildman–Crippen LogP) is 4.08. The van der Waals surface area contributed by atoms with E-state index in [2.05, 4.69) is 44.2 Å². The van der Waals surface area contributed by atoms with Crippen molar-refractivity contribution in [3.05, 3.63) is 35.0 Å². The summed E-state index contributed by atoms with van der Waals surface area (Å²) in [5.74, 6) is 0.947. The van der Waals surface area contributed by atoms with Gasteiger partial charge in [0.25, 0.3) is 0 Å². The first-order chi connectivity index (χ1) is 9.42. The molecule has 0 saturated heterocycles. The maximum absolute atomic E-state index is 6.04. The van der Waals surface area contributed by atoms with Crippen molar-refractivity contribution in [2.45, 2.75) is 31.8 Å². The summed E-state index contributed by atoms with van der Waals surface area (Å²) in [7, 11) is 6.18. The van der Waals surface area contributed by atoms with Crippen LogP contribution in [0, 0.1) is 0 Å². The van der Waals surface area contributed by atoms with Crippen LogP contribution in [0.5, 0.6) is 0 Å². The second-order valence-electron chi connectivity index (χ2n) is 5.66. The van der Waals surface area contributed by atoms with E-state index in [1.165, 1.54) is 0 Å². The smallest absolute Gasteiger partial charge is 0.134 e. The Hall–Kier alpha value is -1.03. The minimum absolute atomic E-state index is 0.0214. The first-order valence-electron chi connectivity index (χ1n) is 6.96. The molecule has 0 radical (unpaired) electrons. The maximum Gasteiger partial charge on any atom is 0.134 e. The summed E-state index contributed by atoms with van der Waals surface area (Å²) in [6, 6.07) is 7.92. The molecule has 1 aromatic heterocycles. The van der Waals surface area contributed by atoms with Crippen molar-refractivity contribution in [1.29, 1.82) is 0 Å². The van der Waals surface area contributed by atoms with Gasteiger partial charge in [-0.3, -0.25) is 0 Å². The van der Waals surface area contributed by atoms with Crippen LogP contribution in [-0.4, -0.2) is 31.6 Å². The van der Waals surface area contributed by atoms with Crippen LogP contribution < -0.4 is 5.32 Å². The monoisotopic (exact) mass is 294 g/mol. The second kappa shape index (κ2) is 5.76. The molecule has 1 N–H and O–H groups in total. The zero-order valence-electron chi connectivity index (χ0n) is 12.8. The zero-order valence-corrected chi connectivity index (χ0v) is 13.6. The second-order valence-corrected chi connectivity index (χ2v) is 6.09. The first kappa shape index (κ1) is 15.4. The molecule has 0 spiro atoms. The fourth-order valence-corrected chi connectivity index (χ4v) is 2.90. The summed E-state index contributed by atoms with van der Waals surface area (Å²) in [5, 5.41) is 5.18. The molecule has 0 aliphatic heterocycles. The summed E-state index contributed by atoms with van der Waals surface area (Å²) < 4.78 is 6.03. The molecule has 110 valence electrons. The average molecular weight is 295 g/mol. The van der Waals surface area contributed by atoms with Crippen LogP contribution in [0.4, 0.5) is 0 Å². The number of rotatable bonds is 5. The van der Waals surface area contributed by atoms with E-state index in [4.69, 9.17) is 16.0 Å². The van der Waals surface area contributed by atoms with E-state index in [9.17, 15) is 0 Å². The predicted molar refractivity (Wildman–Crippen MR) is 85.4 cm³/mol.